The minimum atomic E-state index is -0.324. The van der Waals surface area contributed by atoms with E-state index in [1.165, 1.54) is 0 Å². The number of ether oxygens (including phenoxy) is 1. The minimum Gasteiger partial charge on any atom is -0.497 e. The van der Waals surface area contributed by atoms with E-state index in [2.05, 4.69) is 29.3 Å². The first kappa shape index (κ1) is 20.6. The monoisotopic (exact) mass is 393 g/mol. The van der Waals surface area contributed by atoms with Gasteiger partial charge in [-0.25, -0.2) is 0 Å². The van der Waals surface area contributed by atoms with Crippen LogP contribution in [0.5, 0.6) is 5.75 Å². The van der Waals surface area contributed by atoms with Crippen LogP contribution in [0.15, 0.2) is 59.1 Å². The number of aromatic nitrogens is 2. The zero-order chi connectivity index (χ0) is 20.6. The van der Waals surface area contributed by atoms with Crippen LogP contribution in [0.4, 0.5) is 0 Å². The molecule has 0 unspecified atom stereocenters. The number of carbonyl (C=O) groups excluding carboxylic acids is 1. The Kier molecular flexibility index (Phi) is 7.00. The Balaban J connectivity index is 1.71. The number of benzene rings is 2. The Morgan fingerprint density at radius 2 is 1.97 bits per heavy atom. The van der Waals surface area contributed by atoms with Crippen molar-refractivity contribution in [2.45, 2.75) is 39.2 Å². The summed E-state index contributed by atoms with van der Waals surface area (Å²) in [6.07, 6.45) is 1.98. The molecular formula is C23H27N3O3. The van der Waals surface area contributed by atoms with Gasteiger partial charge in [0.2, 0.25) is 17.6 Å². The first-order valence-electron chi connectivity index (χ1n) is 9.92. The maximum atomic E-state index is 12.6. The molecule has 152 valence electrons. The molecule has 29 heavy (non-hydrogen) atoms. The molecule has 1 heterocycles. The number of methoxy groups -OCH3 is 1. The van der Waals surface area contributed by atoms with E-state index in [0.717, 1.165) is 23.3 Å². The molecule has 0 saturated carbocycles. The van der Waals surface area contributed by atoms with Gasteiger partial charge in [-0.2, -0.15) is 4.98 Å². The third-order valence-corrected chi connectivity index (χ3v) is 5.05. The SMILES string of the molecule is CC[C@H](C)[C@@H](NC(=O)CCc1ccccc1)c1nc(-c2cccc(OC)c2)no1. The van der Waals surface area contributed by atoms with Gasteiger partial charge in [-0.15, -0.1) is 0 Å². The van der Waals surface area contributed by atoms with Gasteiger partial charge in [0.15, 0.2) is 0 Å². The maximum absolute atomic E-state index is 12.6. The van der Waals surface area contributed by atoms with Crippen molar-refractivity contribution in [3.63, 3.8) is 0 Å². The summed E-state index contributed by atoms with van der Waals surface area (Å²) in [6.45, 7) is 4.14. The van der Waals surface area contributed by atoms with Gasteiger partial charge in [0.05, 0.1) is 7.11 Å². The molecule has 0 aliphatic heterocycles. The fourth-order valence-electron chi connectivity index (χ4n) is 3.07. The van der Waals surface area contributed by atoms with Crippen LogP contribution in [0.3, 0.4) is 0 Å². The van der Waals surface area contributed by atoms with Crippen molar-refractivity contribution >= 4 is 5.91 Å². The van der Waals surface area contributed by atoms with Gasteiger partial charge in [0.1, 0.15) is 11.8 Å². The second-order valence-corrected chi connectivity index (χ2v) is 7.10. The Hall–Kier alpha value is -3.15. The molecule has 0 radical (unpaired) electrons. The molecule has 0 aliphatic rings. The van der Waals surface area contributed by atoms with E-state index in [9.17, 15) is 4.79 Å². The standard InChI is InChI=1S/C23H27N3O3/c1-4-16(2)21(24-20(27)14-13-17-9-6-5-7-10-17)23-25-22(26-29-23)18-11-8-12-19(15-18)28-3/h5-12,15-16,21H,4,13-14H2,1-3H3,(H,24,27)/t16-,21+/m0/s1. The van der Waals surface area contributed by atoms with Crippen molar-refractivity contribution < 1.29 is 14.1 Å². The molecule has 0 aliphatic carbocycles. The second-order valence-electron chi connectivity index (χ2n) is 7.10. The summed E-state index contributed by atoms with van der Waals surface area (Å²) in [6, 6.07) is 17.1. The van der Waals surface area contributed by atoms with Crippen molar-refractivity contribution in [2.75, 3.05) is 7.11 Å². The van der Waals surface area contributed by atoms with E-state index >= 15 is 0 Å². The molecule has 6 nitrogen and oxygen atoms in total. The van der Waals surface area contributed by atoms with Gasteiger partial charge in [-0.05, 0) is 30.0 Å². The molecule has 1 N–H and O–H groups in total. The highest BCUT2D eigenvalue weighted by molar-refractivity contribution is 5.76. The first-order chi connectivity index (χ1) is 14.1. The van der Waals surface area contributed by atoms with Crippen LogP contribution < -0.4 is 10.1 Å². The molecule has 0 spiro atoms. The lowest BCUT2D eigenvalue weighted by atomic mass is 9.98. The van der Waals surface area contributed by atoms with Crippen molar-refractivity contribution in [3.8, 4) is 17.1 Å². The number of amides is 1. The average Bonchev–Trinajstić information content (AvgIpc) is 3.26. The Morgan fingerprint density at radius 3 is 2.69 bits per heavy atom. The van der Waals surface area contributed by atoms with Crippen LogP contribution in [-0.2, 0) is 11.2 Å². The third kappa shape index (κ3) is 5.44. The fourth-order valence-corrected chi connectivity index (χ4v) is 3.07. The van der Waals surface area contributed by atoms with E-state index in [4.69, 9.17) is 9.26 Å². The molecule has 0 saturated heterocycles. The molecule has 3 aromatic rings. The number of carbonyl (C=O) groups is 1. The topological polar surface area (TPSA) is 77.2 Å². The van der Waals surface area contributed by atoms with Crippen molar-refractivity contribution in [1.29, 1.82) is 0 Å². The summed E-state index contributed by atoms with van der Waals surface area (Å²) in [7, 11) is 1.62. The summed E-state index contributed by atoms with van der Waals surface area (Å²) in [5.74, 6) is 1.76. The summed E-state index contributed by atoms with van der Waals surface area (Å²) >= 11 is 0. The number of aryl methyl sites for hydroxylation is 1. The zero-order valence-electron chi connectivity index (χ0n) is 17.1. The van der Waals surface area contributed by atoms with Crippen LogP contribution >= 0.6 is 0 Å². The lowest BCUT2D eigenvalue weighted by Gasteiger charge is -2.20. The van der Waals surface area contributed by atoms with Crippen LogP contribution in [0, 0.1) is 5.92 Å². The molecule has 1 amide bonds. The maximum Gasteiger partial charge on any atom is 0.249 e. The lowest BCUT2D eigenvalue weighted by Crippen LogP contribution is -2.32. The molecular weight excluding hydrogens is 366 g/mol. The van der Waals surface area contributed by atoms with Crippen LogP contribution in [0.25, 0.3) is 11.4 Å². The molecule has 6 heteroatoms. The van der Waals surface area contributed by atoms with Crippen LogP contribution in [0.2, 0.25) is 0 Å². The third-order valence-electron chi connectivity index (χ3n) is 5.05. The lowest BCUT2D eigenvalue weighted by molar-refractivity contribution is -0.122. The zero-order valence-corrected chi connectivity index (χ0v) is 17.1. The minimum absolute atomic E-state index is 0.0275. The highest BCUT2D eigenvalue weighted by atomic mass is 16.5. The van der Waals surface area contributed by atoms with E-state index in [1.807, 2.05) is 54.6 Å². The number of nitrogens with one attached hydrogen (secondary N) is 1. The summed E-state index contributed by atoms with van der Waals surface area (Å²) in [5.41, 5.74) is 1.94. The number of rotatable bonds is 9. The van der Waals surface area contributed by atoms with Gasteiger partial charge < -0.3 is 14.6 Å². The largest absolute Gasteiger partial charge is 0.497 e. The number of nitrogens with zero attached hydrogens (tertiary/aromatic N) is 2. The fraction of sp³-hybridized carbons (Fsp3) is 0.348. The second kappa shape index (κ2) is 9.87. The first-order valence-corrected chi connectivity index (χ1v) is 9.92. The summed E-state index contributed by atoms with van der Waals surface area (Å²) < 4.78 is 10.8. The van der Waals surface area contributed by atoms with E-state index < -0.39 is 0 Å². The molecule has 2 aromatic carbocycles. The van der Waals surface area contributed by atoms with Crippen molar-refractivity contribution in [3.05, 3.63) is 66.1 Å². The normalized spacial score (nSPS) is 12.9. The molecule has 0 bridgehead atoms. The average molecular weight is 393 g/mol. The smallest absolute Gasteiger partial charge is 0.249 e. The Morgan fingerprint density at radius 1 is 1.17 bits per heavy atom. The summed E-state index contributed by atoms with van der Waals surface area (Å²) in [5, 5.41) is 7.19. The van der Waals surface area contributed by atoms with Crippen molar-refractivity contribution in [1.82, 2.24) is 15.5 Å². The number of hydrogen-bond acceptors (Lipinski definition) is 5. The van der Waals surface area contributed by atoms with Crippen LogP contribution in [-0.4, -0.2) is 23.2 Å². The van der Waals surface area contributed by atoms with E-state index in [0.29, 0.717) is 24.6 Å². The van der Waals surface area contributed by atoms with Crippen LogP contribution in [0.1, 0.15) is 44.2 Å². The van der Waals surface area contributed by atoms with Gasteiger partial charge in [0, 0.05) is 12.0 Å². The molecule has 2 atom stereocenters. The van der Waals surface area contributed by atoms with Gasteiger partial charge in [-0.1, -0.05) is 67.9 Å². The highest BCUT2D eigenvalue weighted by Crippen LogP contribution is 2.27. The number of hydrogen-bond donors (Lipinski definition) is 1. The van der Waals surface area contributed by atoms with Gasteiger partial charge >= 0.3 is 0 Å². The highest BCUT2D eigenvalue weighted by Gasteiger charge is 2.26. The van der Waals surface area contributed by atoms with E-state index in [-0.39, 0.29) is 17.9 Å². The van der Waals surface area contributed by atoms with Gasteiger partial charge in [-0.3, -0.25) is 4.79 Å². The molecule has 3 rings (SSSR count). The summed E-state index contributed by atoms with van der Waals surface area (Å²) in [4.78, 5) is 17.1. The molecule has 0 fully saturated rings. The Bertz CT molecular complexity index is 924. The Labute approximate surface area is 171 Å². The van der Waals surface area contributed by atoms with Gasteiger partial charge in [0.25, 0.3) is 0 Å². The predicted octanol–water partition coefficient (Wildman–Crippen LogP) is 4.58. The molecule has 1 aromatic heterocycles. The van der Waals surface area contributed by atoms with E-state index in [1.54, 1.807) is 7.11 Å². The van der Waals surface area contributed by atoms with Crippen molar-refractivity contribution in [2.24, 2.45) is 5.92 Å². The quantitative estimate of drug-likeness (QED) is 0.576. The predicted molar refractivity (Wildman–Crippen MR) is 111 cm³/mol.